The summed E-state index contributed by atoms with van der Waals surface area (Å²) in [5, 5.41) is 0.565. The maximum Gasteiger partial charge on any atom is 0.259 e. The van der Waals surface area contributed by atoms with Gasteiger partial charge in [-0.05, 0) is 55.0 Å². The maximum absolute atomic E-state index is 12.4. The molecule has 0 aliphatic rings. The van der Waals surface area contributed by atoms with Gasteiger partial charge < -0.3 is 14.5 Å². The summed E-state index contributed by atoms with van der Waals surface area (Å²) in [6, 6.07) is 20.8. The Balaban J connectivity index is 1.66. The second kappa shape index (κ2) is 8.49. The summed E-state index contributed by atoms with van der Waals surface area (Å²) in [6.07, 6.45) is 0. The average Bonchev–Trinajstić information content (AvgIpc) is 2.73. The van der Waals surface area contributed by atoms with E-state index in [1.165, 1.54) is 0 Å². The van der Waals surface area contributed by atoms with Gasteiger partial charge in [-0.15, -0.1) is 0 Å². The van der Waals surface area contributed by atoms with Crippen LogP contribution in [0.3, 0.4) is 0 Å². The van der Waals surface area contributed by atoms with E-state index in [0.29, 0.717) is 41.4 Å². The summed E-state index contributed by atoms with van der Waals surface area (Å²) in [5.74, 6) is 1.74. The number of ether oxygens (including phenoxy) is 2. The van der Waals surface area contributed by atoms with Crippen LogP contribution in [0.1, 0.15) is 12.5 Å². The zero-order valence-electron chi connectivity index (χ0n) is 15.8. The quantitative estimate of drug-likeness (QED) is 0.431. The third-order valence-electron chi connectivity index (χ3n) is 4.41. The summed E-state index contributed by atoms with van der Waals surface area (Å²) >= 11 is 3.47. The van der Waals surface area contributed by atoms with Crippen LogP contribution in [0.2, 0.25) is 0 Å². The molecule has 1 heterocycles. The van der Waals surface area contributed by atoms with E-state index in [2.05, 4.69) is 25.9 Å². The van der Waals surface area contributed by atoms with Crippen LogP contribution in [-0.2, 0) is 6.61 Å². The Labute approximate surface area is 176 Å². The molecule has 0 fully saturated rings. The molecule has 6 heteroatoms. The molecular formula is C23H19BrN2O3. The second-order valence-electron chi connectivity index (χ2n) is 6.44. The van der Waals surface area contributed by atoms with E-state index in [9.17, 15) is 4.79 Å². The van der Waals surface area contributed by atoms with Crippen LogP contribution in [-0.4, -0.2) is 16.6 Å². The van der Waals surface area contributed by atoms with Crippen LogP contribution in [0.25, 0.3) is 22.3 Å². The molecule has 0 unspecified atom stereocenters. The Bertz CT molecular complexity index is 1220. The van der Waals surface area contributed by atoms with Gasteiger partial charge in [-0.3, -0.25) is 4.79 Å². The summed E-state index contributed by atoms with van der Waals surface area (Å²) in [4.78, 5) is 19.8. The molecule has 0 aliphatic carbocycles. The molecule has 29 heavy (non-hydrogen) atoms. The van der Waals surface area contributed by atoms with E-state index in [1.807, 2.05) is 67.6 Å². The lowest BCUT2D eigenvalue weighted by Crippen LogP contribution is -2.09. The monoisotopic (exact) mass is 450 g/mol. The van der Waals surface area contributed by atoms with Gasteiger partial charge in [-0.25, -0.2) is 4.98 Å². The number of benzene rings is 3. The highest BCUT2D eigenvalue weighted by Crippen LogP contribution is 2.32. The van der Waals surface area contributed by atoms with E-state index < -0.39 is 0 Å². The smallest absolute Gasteiger partial charge is 0.259 e. The van der Waals surface area contributed by atoms with E-state index in [0.717, 1.165) is 15.6 Å². The predicted octanol–water partition coefficient (Wildman–Crippen LogP) is 5.33. The third-order valence-corrected chi connectivity index (χ3v) is 4.91. The molecule has 0 aliphatic heterocycles. The third kappa shape index (κ3) is 4.32. The highest BCUT2D eigenvalue weighted by molar-refractivity contribution is 9.10. The number of para-hydroxylation sites is 1. The van der Waals surface area contributed by atoms with Crippen molar-refractivity contribution in [2.45, 2.75) is 13.5 Å². The number of aromatic nitrogens is 2. The fourth-order valence-electron chi connectivity index (χ4n) is 3.05. The van der Waals surface area contributed by atoms with Crippen molar-refractivity contribution in [1.29, 1.82) is 0 Å². The van der Waals surface area contributed by atoms with Crippen molar-refractivity contribution < 1.29 is 9.47 Å². The van der Waals surface area contributed by atoms with E-state index in [1.54, 1.807) is 6.07 Å². The lowest BCUT2D eigenvalue weighted by Gasteiger charge is -2.13. The molecule has 0 saturated heterocycles. The molecule has 1 N–H and O–H groups in total. The van der Waals surface area contributed by atoms with Crippen molar-refractivity contribution in [3.63, 3.8) is 0 Å². The fourth-order valence-corrected chi connectivity index (χ4v) is 3.50. The van der Waals surface area contributed by atoms with Crippen molar-refractivity contribution in [2.75, 3.05) is 6.61 Å². The van der Waals surface area contributed by atoms with Crippen LogP contribution in [0.5, 0.6) is 11.5 Å². The molecule has 0 radical (unpaired) electrons. The molecule has 3 aromatic carbocycles. The van der Waals surface area contributed by atoms with Gasteiger partial charge >= 0.3 is 0 Å². The number of H-pyrrole nitrogens is 1. The van der Waals surface area contributed by atoms with Crippen LogP contribution in [0, 0.1) is 0 Å². The van der Waals surface area contributed by atoms with Crippen molar-refractivity contribution in [3.8, 4) is 22.9 Å². The number of nitrogens with one attached hydrogen (secondary N) is 1. The highest BCUT2D eigenvalue weighted by atomic mass is 79.9. The molecular weight excluding hydrogens is 432 g/mol. The van der Waals surface area contributed by atoms with Crippen LogP contribution in [0.4, 0.5) is 0 Å². The molecule has 0 atom stereocenters. The molecule has 4 rings (SSSR count). The second-order valence-corrected chi connectivity index (χ2v) is 7.36. The first-order valence-electron chi connectivity index (χ1n) is 9.27. The standard InChI is InChI=1S/C23H19BrN2O3/c1-2-28-21-13-16(22-25-19-9-4-3-8-18(19)23(27)26-22)10-11-20(21)29-14-15-6-5-7-17(24)12-15/h3-13H,2,14H2,1H3,(H,25,26,27). The predicted molar refractivity (Wildman–Crippen MR) is 117 cm³/mol. The van der Waals surface area contributed by atoms with Crippen molar-refractivity contribution in [1.82, 2.24) is 9.97 Å². The minimum Gasteiger partial charge on any atom is -0.490 e. The lowest BCUT2D eigenvalue weighted by atomic mass is 10.1. The Morgan fingerprint density at radius 1 is 0.966 bits per heavy atom. The first-order valence-corrected chi connectivity index (χ1v) is 10.1. The largest absolute Gasteiger partial charge is 0.490 e. The number of halogens is 1. The van der Waals surface area contributed by atoms with E-state index in [4.69, 9.17) is 9.47 Å². The minimum atomic E-state index is -0.168. The maximum atomic E-state index is 12.4. The number of nitrogens with zero attached hydrogens (tertiary/aromatic N) is 1. The molecule has 4 aromatic rings. The summed E-state index contributed by atoms with van der Waals surface area (Å²) in [7, 11) is 0. The van der Waals surface area contributed by atoms with Gasteiger partial charge in [0.15, 0.2) is 11.5 Å². The minimum absolute atomic E-state index is 0.168. The molecule has 146 valence electrons. The molecule has 0 bridgehead atoms. The molecule has 0 saturated carbocycles. The van der Waals surface area contributed by atoms with Gasteiger partial charge in [0.05, 0.1) is 17.5 Å². The number of rotatable bonds is 6. The summed E-state index contributed by atoms with van der Waals surface area (Å²) in [5.41, 5.74) is 2.29. The molecule has 0 amide bonds. The fraction of sp³-hybridized carbons (Fsp3) is 0.130. The van der Waals surface area contributed by atoms with Crippen molar-refractivity contribution in [2.24, 2.45) is 0 Å². The van der Waals surface area contributed by atoms with Crippen molar-refractivity contribution in [3.05, 3.63) is 87.1 Å². The van der Waals surface area contributed by atoms with Crippen LogP contribution in [0.15, 0.2) is 76.0 Å². The van der Waals surface area contributed by atoms with Gasteiger partial charge in [0.25, 0.3) is 5.56 Å². The van der Waals surface area contributed by atoms with Gasteiger partial charge in [0.1, 0.15) is 12.4 Å². The molecule has 1 aromatic heterocycles. The zero-order chi connectivity index (χ0) is 20.2. The summed E-state index contributed by atoms with van der Waals surface area (Å²) in [6.45, 7) is 2.84. The topological polar surface area (TPSA) is 64.2 Å². The Hall–Kier alpha value is -3.12. The zero-order valence-corrected chi connectivity index (χ0v) is 17.4. The van der Waals surface area contributed by atoms with Crippen LogP contribution < -0.4 is 15.0 Å². The van der Waals surface area contributed by atoms with E-state index in [-0.39, 0.29) is 5.56 Å². The van der Waals surface area contributed by atoms with E-state index >= 15 is 0 Å². The molecule has 5 nitrogen and oxygen atoms in total. The lowest BCUT2D eigenvalue weighted by molar-refractivity contribution is 0.269. The SMILES string of the molecule is CCOc1cc(-c2nc3ccccc3c(=O)[nH]2)ccc1OCc1cccc(Br)c1. The van der Waals surface area contributed by atoms with Gasteiger partial charge in [0.2, 0.25) is 0 Å². The Morgan fingerprint density at radius 3 is 2.66 bits per heavy atom. The normalized spacial score (nSPS) is 10.8. The van der Waals surface area contributed by atoms with Gasteiger partial charge in [-0.2, -0.15) is 0 Å². The number of hydrogen-bond acceptors (Lipinski definition) is 4. The first kappa shape index (κ1) is 19.2. The number of fused-ring (bicyclic) bond motifs is 1. The van der Waals surface area contributed by atoms with Gasteiger partial charge in [0, 0.05) is 10.0 Å². The highest BCUT2D eigenvalue weighted by Gasteiger charge is 2.11. The Morgan fingerprint density at radius 2 is 1.83 bits per heavy atom. The van der Waals surface area contributed by atoms with Crippen molar-refractivity contribution >= 4 is 26.8 Å². The first-order chi connectivity index (χ1) is 14.1. The molecule has 0 spiro atoms. The Kier molecular flexibility index (Phi) is 5.62. The van der Waals surface area contributed by atoms with Crippen LogP contribution >= 0.6 is 15.9 Å². The number of hydrogen-bond donors (Lipinski definition) is 1. The number of aromatic amines is 1. The van der Waals surface area contributed by atoms with Gasteiger partial charge in [-0.1, -0.05) is 40.2 Å². The summed E-state index contributed by atoms with van der Waals surface area (Å²) < 4.78 is 12.8. The average molecular weight is 451 g/mol.